The molecule has 0 bridgehead atoms. The molecule has 182 valence electrons. The van der Waals surface area contributed by atoms with Crippen molar-refractivity contribution in [3.05, 3.63) is 29.6 Å². The van der Waals surface area contributed by atoms with Crippen molar-refractivity contribution in [3.63, 3.8) is 0 Å². The Hall–Kier alpha value is -3.31. The Morgan fingerprint density at radius 3 is 2.74 bits per heavy atom. The number of nitrogens with two attached hydrogens (primary N) is 2. The molecule has 1 aliphatic rings. The number of carbonyl (C=O) groups excluding carboxylic acids is 1. The Morgan fingerprint density at radius 1 is 1.32 bits per heavy atom. The molecule has 0 saturated heterocycles. The number of hydrogen-bond donors (Lipinski definition) is 4. The van der Waals surface area contributed by atoms with Crippen LogP contribution in [0.1, 0.15) is 56.1 Å². The van der Waals surface area contributed by atoms with Crippen LogP contribution < -0.4 is 22.1 Å². The third-order valence-corrected chi connectivity index (χ3v) is 6.48. The second-order valence-electron chi connectivity index (χ2n) is 9.23. The van der Waals surface area contributed by atoms with Gasteiger partial charge in [0.1, 0.15) is 0 Å². The topological polar surface area (TPSA) is 159 Å². The highest BCUT2D eigenvalue weighted by atomic mass is 16.5. The van der Waals surface area contributed by atoms with E-state index in [1.165, 1.54) is 6.42 Å². The van der Waals surface area contributed by atoms with Crippen molar-refractivity contribution >= 4 is 34.3 Å². The van der Waals surface area contributed by atoms with Crippen LogP contribution in [0, 0.1) is 6.92 Å². The lowest BCUT2D eigenvalue weighted by Crippen LogP contribution is -2.42. The number of amides is 1. The molecule has 0 unspecified atom stereocenters. The molecule has 4 rings (SSSR count). The van der Waals surface area contributed by atoms with Crippen molar-refractivity contribution in [2.45, 2.75) is 64.6 Å². The maximum atomic E-state index is 12.0. The summed E-state index contributed by atoms with van der Waals surface area (Å²) in [4.78, 5) is 16.4. The molecule has 1 saturated carbocycles. The first-order chi connectivity index (χ1) is 16.2. The molecule has 1 fully saturated rings. The fraction of sp³-hybridized carbons (Fsp3) is 0.522. The lowest BCUT2D eigenvalue weighted by Gasteiger charge is -2.38. The first kappa shape index (κ1) is 23.8. The third-order valence-electron chi connectivity index (χ3n) is 6.48. The van der Waals surface area contributed by atoms with Gasteiger partial charge in [0.15, 0.2) is 11.5 Å². The van der Waals surface area contributed by atoms with Crippen molar-refractivity contribution < 1.29 is 9.53 Å². The molecule has 1 amide bonds. The van der Waals surface area contributed by atoms with E-state index in [-0.39, 0.29) is 35.1 Å². The van der Waals surface area contributed by atoms with Gasteiger partial charge in [-0.15, -0.1) is 10.2 Å². The summed E-state index contributed by atoms with van der Waals surface area (Å²) < 4.78 is 7.46. The number of nitrogens with one attached hydrogen (secondary N) is 2. The monoisotopic (exact) mass is 467 g/mol. The number of carbonyl (C=O) groups is 1. The Bertz CT molecular complexity index is 1190. The van der Waals surface area contributed by atoms with E-state index in [0.29, 0.717) is 13.2 Å². The summed E-state index contributed by atoms with van der Waals surface area (Å²) in [5, 5.41) is 20.1. The summed E-state index contributed by atoms with van der Waals surface area (Å²) in [6.07, 6.45) is 5.55. The molecule has 34 heavy (non-hydrogen) atoms. The second kappa shape index (κ2) is 9.51. The maximum absolute atomic E-state index is 12.0. The van der Waals surface area contributed by atoms with E-state index in [1.54, 1.807) is 0 Å². The van der Waals surface area contributed by atoms with Gasteiger partial charge in [0.05, 0.1) is 17.7 Å². The van der Waals surface area contributed by atoms with Gasteiger partial charge in [-0.3, -0.25) is 9.48 Å². The van der Waals surface area contributed by atoms with Gasteiger partial charge in [-0.05, 0) is 64.7 Å². The number of rotatable bonds is 10. The van der Waals surface area contributed by atoms with Crippen LogP contribution in [0.2, 0.25) is 0 Å². The van der Waals surface area contributed by atoms with Gasteiger partial charge < -0.3 is 26.8 Å². The standard InChI is InChI=1S/C23H33N9O2/c1-5-34-12-17(24)14(3)26-22-28-21(19(20(25)33)29-30-22)27-16-9-13(2)18-15(10-16)11-32(31-18)23(4)7-6-8-23/h9-11,14,17H,5-8,12,24H2,1-4H3,(H2,25,33)(H2,26,27,28,30)/t14-,17+/m1/s1. The largest absolute Gasteiger partial charge is 0.380 e. The molecule has 2 aromatic heterocycles. The number of fused-ring (bicyclic) bond motifs is 1. The zero-order valence-corrected chi connectivity index (χ0v) is 20.1. The normalized spacial score (nSPS) is 16.6. The minimum atomic E-state index is -0.723. The van der Waals surface area contributed by atoms with Gasteiger partial charge >= 0.3 is 0 Å². The average molecular weight is 468 g/mol. The molecule has 0 radical (unpaired) electrons. The number of nitrogens with zero attached hydrogens (tertiary/aromatic N) is 5. The Labute approximate surface area is 198 Å². The molecule has 0 spiro atoms. The number of ether oxygens (including phenoxy) is 1. The quantitative estimate of drug-likeness (QED) is 0.351. The van der Waals surface area contributed by atoms with Crippen LogP contribution in [0.25, 0.3) is 10.9 Å². The summed E-state index contributed by atoms with van der Waals surface area (Å²) >= 11 is 0. The fourth-order valence-electron chi connectivity index (χ4n) is 4.06. The first-order valence-corrected chi connectivity index (χ1v) is 11.6. The molecule has 1 aromatic carbocycles. The lowest BCUT2D eigenvalue weighted by molar-refractivity contribution is 0.0995. The molecule has 6 N–H and O–H groups in total. The van der Waals surface area contributed by atoms with Gasteiger partial charge in [0, 0.05) is 36.0 Å². The highest BCUT2D eigenvalue weighted by molar-refractivity contribution is 5.96. The van der Waals surface area contributed by atoms with Crippen molar-refractivity contribution in [1.82, 2.24) is 25.0 Å². The van der Waals surface area contributed by atoms with Crippen LogP contribution in [0.3, 0.4) is 0 Å². The van der Waals surface area contributed by atoms with E-state index in [0.717, 1.165) is 35.0 Å². The van der Waals surface area contributed by atoms with Gasteiger partial charge in [-0.1, -0.05) is 0 Å². The minimum absolute atomic E-state index is 0.0488. The van der Waals surface area contributed by atoms with Crippen LogP contribution in [0.4, 0.5) is 17.5 Å². The number of aryl methyl sites for hydroxylation is 1. The van der Waals surface area contributed by atoms with Crippen molar-refractivity contribution in [2.75, 3.05) is 23.8 Å². The van der Waals surface area contributed by atoms with Gasteiger partial charge in [0.2, 0.25) is 5.95 Å². The molecular formula is C23H33N9O2. The Morgan fingerprint density at radius 2 is 2.09 bits per heavy atom. The first-order valence-electron chi connectivity index (χ1n) is 11.6. The summed E-state index contributed by atoms with van der Waals surface area (Å²) in [7, 11) is 0. The second-order valence-corrected chi connectivity index (χ2v) is 9.23. The molecule has 0 aliphatic heterocycles. The molecule has 11 heteroatoms. The number of primary amides is 1. The highest BCUT2D eigenvalue weighted by Crippen LogP contribution is 2.39. The zero-order valence-electron chi connectivity index (χ0n) is 20.1. The van der Waals surface area contributed by atoms with E-state index in [9.17, 15) is 4.79 Å². The van der Waals surface area contributed by atoms with E-state index < -0.39 is 5.91 Å². The van der Waals surface area contributed by atoms with Gasteiger partial charge in [-0.25, -0.2) is 0 Å². The molecular weight excluding hydrogens is 434 g/mol. The van der Waals surface area contributed by atoms with Crippen molar-refractivity contribution in [2.24, 2.45) is 11.5 Å². The van der Waals surface area contributed by atoms with Gasteiger partial charge in [-0.2, -0.15) is 10.1 Å². The number of anilines is 3. The molecule has 2 atom stereocenters. The van der Waals surface area contributed by atoms with E-state index in [2.05, 4.69) is 43.6 Å². The van der Waals surface area contributed by atoms with Crippen LogP contribution >= 0.6 is 0 Å². The van der Waals surface area contributed by atoms with Crippen LogP contribution in [0.5, 0.6) is 0 Å². The molecule has 2 heterocycles. The number of benzene rings is 1. The average Bonchev–Trinajstić information content (AvgIpc) is 3.21. The SMILES string of the molecule is CCOC[C@H](N)[C@@H](C)Nc1nnc(C(N)=O)c(Nc2cc(C)c3nn(C4(C)CCC4)cc3c2)n1. The Balaban J connectivity index is 1.60. The summed E-state index contributed by atoms with van der Waals surface area (Å²) in [6.45, 7) is 9.04. The number of hydrogen-bond acceptors (Lipinski definition) is 9. The van der Waals surface area contributed by atoms with Crippen molar-refractivity contribution in [3.8, 4) is 0 Å². The van der Waals surface area contributed by atoms with E-state index in [1.807, 2.05) is 32.9 Å². The van der Waals surface area contributed by atoms with E-state index in [4.69, 9.17) is 21.3 Å². The minimum Gasteiger partial charge on any atom is -0.380 e. The summed E-state index contributed by atoms with van der Waals surface area (Å²) in [5.74, 6) is -0.276. The number of aromatic nitrogens is 5. The molecule has 11 nitrogen and oxygen atoms in total. The predicted molar refractivity (Wildman–Crippen MR) is 131 cm³/mol. The summed E-state index contributed by atoms with van der Waals surface area (Å²) in [6, 6.07) is 3.49. The van der Waals surface area contributed by atoms with Gasteiger partial charge in [0.25, 0.3) is 5.91 Å². The fourth-order valence-corrected chi connectivity index (χ4v) is 4.06. The Kier molecular flexibility index (Phi) is 6.67. The predicted octanol–water partition coefficient (Wildman–Crippen LogP) is 2.44. The molecule has 1 aliphatic carbocycles. The van der Waals surface area contributed by atoms with Crippen LogP contribution in [-0.4, -0.2) is 56.2 Å². The van der Waals surface area contributed by atoms with Crippen LogP contribution in [0.15, 0.2) is 18.3 Å². The maximum Gasteiger partial charge on any atom is 0.273 e. The zero-order chi connectivity index (χ0) is 24.5. The molecule has 3 aromatic rings. The van der Waals surface area contributed by atoms with E-state index >= 15 is 0 Å². The lowest BCUT2D eigenvalue weighted by atomic mass is 9.79. The van der Waals surface area contributed by atoms with Crippen molar-refractivity contribution in [1.29, 1.82) is 0 Å². The summed E-state index contributed by atoms with van der Waals surface area (Å²) in [5.41, 5.74) is 14.4. The van der Waals surface area contributed by atoms with Crippen LogP contribution in [-0.2, 0) is 10.3 Å². The smallest absolute Gasteiger partial charge is 0.273 e. The highest BCUT2D eigenvalue weighted by Gasteiger charge is 2.34. The third kappa shape index (κ3) is 4.80.